The second-order valence-electron chi connectivity index (χ2n) is 10.6. The molecule has 1 aromatic rings. The van der Waals surface area contributed by atoms with Gasteiger partial charge in [0.1, 0.15) is 23.4 Å². The fourth-order valence-electron chi connectivity index (χ4n) is 3.91. The van der Waals surface area contributed by atoms with Crippen LogP contribution in [0.5, 0.6) is 5.75 Å². The normalized spacial score (nSPS) is 14.9. The second-order valence-corrected chi connectivity index (χ2v) is 10.6. The number of alkyl carbamates (subject to hydrolysis) is 1. The summed E-state index contributed by atoms with van der Waals surface area (Å²) in [6.07, 6.45) is 1.08. The Morgan fingerprint density at radius 3 is 2.24 bits per heavy atom. The Morgan fingerprint density at radius 1 is 1.11 bits per heavy atom. The summed E-state index contributed by atoms with van der Waals surface area (Å²) in [5.74, 6) is -1.18. The minimum atomic E-state index is -1.02. The van der Waals surface area contributed by atoms with Crippen LogP contribution in [-0.4, -0.2) is 64.7 Å². The summed E-state index contributed by atoms with van der Waals surface area (Å²) in [7, 11) is 0. The Morgan fingerprint density at radius 2 is 1.73 bits per heavy atom. The van der Waals surface area contributed by atoms with Gasteiger partial charge in [-0.1, -0.05) is 26.0 Å². The topological polar surface area (TPSA) is 134 Å². The number of carbonyl (C=O) groups is 4. The number of ether oxygens (including phenoxy) is 2. The summed E-state index contributed by atoms with van der Waals surface area (Å²) in [4.78, 5) is 53.3. The molecule has 10 heteroatoms. The van der Waals surface area contributed by atoms with Gasteiger partial charge in [0.15, 0.2) is 0 Å². The number of amides is 3. The number of phenols is 1. The molecule has 1 aliphatic rings. The van der Waals surface area contributed by atoms with Crippen LogP contribution in [-0.2, 0) is 23.9 Å². The van der Waals surface area contributed by atoms with Crippen LogP contribution in [0.1, 0.15) is 78.8 Å². The Hall–Kier alpha value is -3.30. The molecule has 0 heterocycles. The Labute approximate surface area is 219 Å². The average molecular weight is 520 g/mol. The number of phenolic OH excluding ortho intramolecular Hbond substituents is 1. The minimum absolute atomic E-state index is 0.00454. The molecule has 1 aliphatic carbocycles. The van der Waals surface area contributed by atoms with Gasteiger partial charge in [-0.15, -0.1) is 0 Å². The van der Waals surface area contributed by atoms with E-state index in [0.29, 0.717) is 12.0 Å². The lowest BCUT2D eigenvalue weighted by atomic mass is 9.99. The molecule has 10 nitrogen and oxygen atoms in total. The predicted octanol–water partition coefficient (Wildman–Crippen LogP) is 3.43. The van der Waals surface area contributed by atoms with Crippen LogP contribution in [0.15, 0.2) is 24.3 Å². The van der Waals surface area contributed by atoms with Crippen molar-refractivity contribution in [2.24, 2.45) is 5.92 Å². The molecular formula is C27H41N3O7. The maximum atomic E-state index is 14.0. The summed E-state index contributed by atoms with van der Waals surface area (Å²) in [6.45, 7) is 11.1. The van der Waals surface area contributed by atoms with Gasteiger partial charge in [-0.2, -0.15) is 0 Å². The van der Waals surface area contributed by atoms with E-state index in [4.69, 9.17) is 9.47 Å². The highest BCUT2D eigenvalue weighted by Gasteiger charge is 2.44. The highest BCUT2D eigenvalue weighted by molar-refractivity contribution is 5.92. The third kappa shape index (κ3) is 9.93. The van der Waals surface area contributed by atoms with Crippen LogP contribution in [0, 0.1) is 5.92 Å². The number of aromatic hydroxyl groups is 1. The summed E-state index contributed by atoms with van der Waals surface area (Å²) in [5.41, 5.74) is -0.230. The van der Waals surface area contributed by atoms with Crippen LogP contribution in [0.2, 0.25) is 0 Å². The van der Waals surface area contributed by atoms with E-state index >= 15 is 0 Å². The van der Waals surface area contributed by atoms with Crippen molar-refractivity contribution in [3.8, 4) is 5.75 Å². The van der Waals surface area contributed by atoms with E-state index in [1.807, 2.05) is 13.8 Å². The van der Waals surface area contributed by atoms with Crippen molar-refractivity contribution in [2.75, 3.05) is 13.2 Å². The molecule has 2 atom stereocenters. The van der Waals surface area contributed by atoms with Gasteiger partial charge in [-0.25, -0.2) is 4.79 Å². The molecule has 37 heavy (non-hydrogen) atoms. The van der Waals surface area contributed by atoms with Crippen molar-refractivity contribution in [1.82, 2.24) is 15.5 Å². The van der Waals surface area contributed by atoms with Gasteiger partial charge in [0.2, 0.25) is 11.8 Å². The molecule has 2 unspecified atom stereocenters. The minimum Gasteiger partial charge on any atom is -0.508 e. The fraction of sp³-hybridized carbons (Fsp3) is 0.630. The predicted molar refractivity (Wildman–Crippen MR) is 138 cm³/mol. The number of nitrogens with zero attached hydrogens (tertiary/aromatic N) is 1. The molecule has 1 aromatic carbocycles. The van der Waals surface area contributed by atoms with E-state index in [2.05, 4.69) is 10.6 Å². The van der Waals surface area contributed by atoms with Gasteiger partial charge in [0, 0.05) is 12.6 Å². The van der Waals surface area contributed by atoms with E-state index in [0.717, 1.165) is 12.8 Å². The maximum Gasteiger partial charge on any atom is 0.408 e. The first kappa shape index (κ1) is 29.9. The van der Waals surface area contributed by atoms with Crippen LogP contribution in [0.3, 0.4) is 0 Å². The Kier molecular flexibility index (Phi) is 10.8. The van der Waals surface area contributed by atoms with E-state index in [-0.39, 0.29) is 43.2 Å². The lowest BCUT2D eigenvalue weighted by molar-refractivity contribution is -0.145. The summed E-state index contributed by atoms with van der Waals surface area (Å²) < 4.78 is 10.3. The number of benzene rings is 1. The number of hydrogen-bond acceptors (Lipinski definition) is 7. The van der Waals surface area contributed by atoms with Crippen LogP contribution >= 0.6 is 0 Å². The van der Waals surface area contributed by atoms with E-state index in [1.165, 1.54) is 17.0 Å². The van der Waals surface area contributed by atoms with Gasteiger partial charge >= 0.3 is 12.1 Å². The Bertz CT molecular complexity index is 936. The molecule has 2 rings (SSSR count). The lowest BCUT2D eigenvalue weighted by Crippen LogP contribution is -2.54. The number of carbonyl (C=O) groups excluding carboxylic acids is 4. The monoisotopic (exact) mass is 519 g/mol. The largest absolute Gasteiger partial charge is 0.508 e. The average Bonchev–Trinajstić information content (AvgIpc) is 3.61. The first-order valence-corrected chi connectivity index (χ1v) is 12.9. The number of hydrogen-bond donors (Lipinski definition) is 3. The van der Waals surface area contributed by atoms with E-state index < -0.39 is 35.7 Å². The van der Waals surface area contributed by atoms with Gasteiger partial charge in [-0.3, -0.25) is 14.4 Å². The van der Waals surface area contributed by atoms with Gasteiger partial charge in [0.25, 0.3) is 0 Å². The summed E-state index contributed by atoms with van der Waals surface area (Å²) >= 11 is 0. The van der Waals surface area contributed by atoms with Crippen LogP contribution < -0.4 is 10.6 Å². The SMILES string of the molecule is CCOC(=O)CCNC(=O)C(c1ccc(O)cc1)N(C(=O)C(CC(C)C)NC(=O)OC(C)(C)C)C1CC1. The van der Waals surface area contributed by atoms with Crippen molar-refractivity contribution in [3.05, 3.63) is 29.8 Å². The van der Waals surface area contributed by atoms with Crippen molar-refractivity contribution >= 4 is 23.9 Å². The Balaban J connectivity index is 2.35. The second kappa shape index (κ2) is 13.3. The van der Waals surface area contributed by atoms with Crippen LogP contribution in [0.4, 0.5) is 4.79 Å². The van der Waals surface area contributed by atoms with E-state index in [1.54, 1.807) is 39.8 Å². The van der Waals surface area contributed by atoms with Gasteiger partial charge in [-0.05, 0) is 70.6 Å². The molecular weight excluding hydrogens is 478 g/mol. The lowest BCUT2D eigenvalue weighted by Gasteiger charge is -2.35. The standard InChI is InChI=1S/C27H41N3O7/c1-7-36-22(32)14-15-28-24(33)23(18-8-12-20(31)13-9-18)30(19-10-11-19)25(34)21(16-17(2)3)29-26(35)37-27(4,5)6/h8-9,12-13,17,19,21,23,31H,7,10-11,14-16H2,1-6H3,(H,28,33)(H,29,35). The first-order valence-electron chi connectivity index (χ1n) is 12.9. The highest BCUT2D eigenvalue weighted by Crippen LogP contribution is 2.36. The van der Waals surface area contributed by atoms with Gasteiger partial charge < -0.3 is 30.1 Å². The fourth-order valence-corrected chi connectivity index (χ4v) is 3.91. The molecule has 3 N–H and O–H groups in total. The molecule has 1 fully saturated rings. The zero-order valence-corrected chi connectivity index (χ0v) is 22.7. The van der Waals surface area contributed by atoms with Crippen molar-refractivity contribution in [1.29, 1.82) is 0 Å². The molecule has 0 spiro atoms. The zero-order valence-electron chi connectivity index (χ0n) is 22.7. The highest BCUT2D eigenvalue weighted by atomic mass is 16.6. The molecule has 0 saturated heterocycles. The van der Waals surface area contributed by atoms with Crippen LogP contribution in [0.25, 0.3) is 0 Å². The molecule has 3 amide bonds. The number of rotatable bonds is 12. The summed E-state index contributed by atoms with van der Waals surface area (Å²) in [5, 5.41) is 15.2. The molecule has 0 radical (unpaired) electrons. The van der Waals surface area contributed by atoms with Crippen molar-refractivity contribution in [2.45, 2.75) is 91.0 Å². The number of nitrogens with one attached hydrogen (secondary N) is 2. The molecule has 0 bridgehead atoms. The first-order chi connectivity index (χ1) is 17.3. The number of esters is 1. The molecule has 1 saturated carbocycles. The zero-order chi connectivity index (χ0) is 27.8. The van der Waals surface area contributed by atoms with Crippen molar-refractivity contribution < 1.29 is 33.8 Å². The molecule has 0 aromatic heterocycles. The molecule has 0 aliphatic heterocycles. The maximum absolute atomic E-state index is 14.0. The quantitative estimate of drug-likeness (QED) is 0.360. The summed E-state index contributed by atoms with van der Waals surface area (Å²) in [6, 6.07) is 3.99. The smallest absolute Gasteiger partial charge is 0.408 e. The van der Waals surface area contributed by atoms with Crippen molar-refractivity contribution in [3.63, 3.8) is 0 Å². The molecule has 206 valence electrons. The third-order valence-corrected chi connectivity index (χ3v) is 5.56. The van der Waals surface area contributed by atoms with Gasteiger partial charge in [0.05, 0.1) is 13.0 Å². The van der Waals surface area contributed by atoms with E-state index in [9.17, 15) is 24.3 Å². The third-order valence-electron chi connectivity index (χ3n) is 5.56.